The number of carbonyl (C=O) groups excluding carboxylic acids is 2. The molecule has 0 aliphatic carbocycles. The van der Waals surface area contributed by atoms with Gasteiger partial charge in [-0.25, -0.2) is 13.2 Å². The summed E-state index contributed by atoms with van der Waals surface area (Å²) in [6.07, 6.45) is 1.29. The molecule has 2 aromatic rings. The van der Waals surface area contributed by atoms with Crippen LogP contribution in [0.3, 0.4) is 0 Å². The molecule has 1 fully saturated rings. The number of esters is 1. The van der Waals surface area contributed by atoms with E-state index >= 15 is 0 Å². The zero-order valence-corrected chi connectivity index (χ0v) is 17.6. The number of hydrogen-bond donors (Lipinski definition) is 1. The minimum atomic E-state index is -3.91. The van der Waals surface area contributed by atoms with Crippen molar-refractivity contribution in [3.05, 3.63) is 52.5 Å². The Morgan fingerprint density at radius 3 is 2.59 bits per heavy atom. The zero-order chi connectivity index (χ0) is 21.2. The molecule has 1 aliphatic rings. The highest BCUT2D eigenvalue weighted by Crippen LogP contribution is 2.30. The third kappa shape index (κ3) is 4.54. The van der Waals surface area contributed by atoms with Crippen molar-refractivity contribution in [1.29, 1.82) is 0 Å². The van der Waals surface area contributed by atoms with Gasteiger partial charge in [0.2, 0.25) is 5.91 Å². The lowest BCUT2D eigenvalue weighted by molar-refractivity contribution is -0.117. The third-order valence-corrected chi connectivity index (χ3v) is 6.24. The second kappa shape index (κ2) is 8.42. The van der Waals surface area contributed by atoms with Gasteiger partial charge in [-0.05, 0) is 62.2 Å². The van der Waals surface area contributed by atoms with Crippen LogP contribution in [0.25, 0.3) is 0 Å². The van der Waals surface area contributed by atoms with Crippen LogP contribution in [-0.2, 0) is 19.6 Å². The number of hydrogen-bond acceptors (Lipinski definition) is 5. The minimum absolute atomic E-state index is 0.0373. The first kappa shape index (κ1) is 21.1. The van der Waals surface area contributed by atoms with E-state index in [1.165, 1.54) is 30.3 Å². The second-order valence-corrected chi connectivity index (χ2v) is 8.71. The fourth-order valence-electron chi connectivity index (χ4n) is 3.14. The highest BCUT2D eigenvalue weighted by atomic mass is 35.5. The Morgan fingerprint density at radius 1 is 1.24 bits per heavy atom. The van der Waals surface area contributed by atoms with Gasteiger partial charge in [0.25, 0.3) is 10.0 Å². The van der Waals surface area contributed by atoms with E-state index in [9.17, 15) is 18.0 Å². The van der Waals surface area contributed by atoms with Crippen LogP contribution in [0.4, 0.5) is 11.4 Å². The first-order valence-electron chi connectivity index (χ1n) is 9.13. The molecule has 1 heterocycles. The minimum Gasteiger partial charge on any atom is -0.462 e. The Bertz CT molecular complexity index is 1070. The van der Waals surface area contributed by atoms with Gasteiger partial charge in [0.15, 0.2) is 0 Å². The molecular weight excluding hydrogens is 416 g/mol. The number of nitrogens with zero attached hydrogens (tertiary/aromatic N) is 1. The van der Waals surface area contributed by atoms with Gasteiger partial charge in [-0.15, -0.1) is 0 Å². The highest BCUT2D eigenvalue weighted by Gasteiger charge is 2.24. The summed E-state index contributed by atoms with van der Waals surface area (Å²) in [4.78, 5) is 25.4. The van der Waals surface area contributed by atoms with Crippen LogP contribution in [0.5, 0.6) is 0 Å². The Kier molecular flexibility index (Phi) is 6.14. The maximum atomic E-state index is 12.8. The van der Waals surface area contributed by atoms with Crippen molar-refractivity contribution in [2.24, 2.45) is 0 Å². The molecule has 7 nitrogen and oxygen atoms in total. The predicted molar refractivity (Wildman–Crippen MR) is 111 cm³/mol. The lowest BCUT2D eigenvalue weighted by Gasteiger charge is -2.19. The molecule has 3 rings (SSSR count). The van der Waals surface area contributed by atoms with Crippen molar-refractivity contribution < 1.29 is 22.7 Å². The Hall–Kier alpha value is -2.58. The second-order valence-electron chi connectivity index (χ2n) is 6.62. The van der Waals surface area contributed by atoms with Gasteiger partial charge >= 0.3 is 5.97 Å². The van der Waals surface area contributed by atoms with E-state index in [-0.39, 0.29) is 33.7 Å². The maximum absolute atomic E-state index is 12.8. The molecular formula is C20H21ClN2O5S. The number of ether oxygens (including phenoxy) is 1. The number of benzene rings is 2. The highest BCUT2D eigenvalue weighted by molar-refractivity contribution is 7.92. The maximum Gasteiger partial charge on any atom is 0.338 e. The van der Waals surface area contributed by atoms with Crippen LogP contribution in [0, 0.1) is 6.92 Å². The van der Waals surface area contributed by atoms with E-state index in [1.54, 1.807) is 24.8 Å². The first-order valence-corrected chi connectivity index (χ1v) is 11.0. The van der Waals surface area contributed by atoms with Crippen LogP contribution in [0.15, 0.2) is 41.3 Å². The Morgan fingerprint density at radius 2 is 2.00 bits per heavy atom. The van der Waals surface area contributed by atoms with Crippen molar-refractivity contribution in [1.82, 2.24) is 0 Å². The van der Waals surface area contributed by atoms with E-state index in [1.807, 2.05) is 0 Å². The smallest absolute Gasteiger partial charge is 0.338 e. The van der Waals surface area contributed by atoms with Crippen LogP contribution >= 0.6 is 11.6 Å². The lowest BCUT2D eigenvalue weighted by atomic mass is 10.2. The van der Waals surface area contributed by atoms with Crippen molar-refractivity contribution in [3.8, 4) is 0 Å². The summed E-state index contributed by atoms with van der Waals surface area (Å²) in [6, 6.07) is 8.82. The number of anilines is 2. The zero-order valence-electron chi connectivity index (χ0n) is 16.1. The van der Waals surface area contributed by atoms with Crippen LogP contribution < -0.4 is 9.62 Å². The van der Waals surface area contributed by atoms with Crippen LogP contribution in [0.1, 0.15) is 35.7 Å². The topological polar surface area (TPSA) is 92.8 Å². The molecule has 0 atom stereocenters. The van der Waals surface area contributed by atoms with Gasteiger partial charge in [-0.3, -0.25) is 9.52 Å². The summed E-state index contributed by atoms with van der Waals surface area (Å²) < 4.78 is 32.9. The summed E-state index contributed by atoms with van der Waals surface area (Å²) in [5.74, 6) is -0.498. The summed E-state index contributed by atoms with van der Waals surface area (Å²) >= 11 is 6.15. The lowest BCUT2D eigenvalue weighted by Crippen LogP contribution is -2.24. The number of aryl methyl sites for hydroxylation is 1. The van der Waals surface area contributed by atoms with Crippen molar-refractivity contribution in [2.75, 3.05) is 22.8 Å². The molecule has 1 aliphatic heterocycles. The van der Waals surface area contributed by atoms with E-state index in [0.717, 1.165) is 6.42 Å². The van der Waals surface area contributed by atoms with Gasteiger partial charge in [0.05, 0.1) is 27.8 Å². The first-order chi connectivity index (χ1) is 13.7. The predicted octanol–water partition coefficient (Wildman–Crippen LogP) is 3.75. The Balaban J connectivity index is 1.83. The molecule has 2 aromatic carbocycles. The molecule has 0 saturated carbocycles. The van der Waals surface area contributed by atoms with E-state index < -0.39 is 16.0 Å². The molecule has 0 bridgehead atoms. The molecule has 29 heavy (non-hydrogen) atoms. The normalized spacial score (nSPS) is 14.2. The Labute approximate surface area is 174 Å². The quantitative estimate of drug-likeness (QED) is 0.696. The summed E-state index contributed by atoms with van der Waals surface area (Å²) in [5.41, 5.74) is 1.78. The van der Waals surface area contributed by atoms with Crippen LogP contribution in [0.2, 0.25) is 5.02 Å². The summed E-state index contributed by atoms with van der Waals surface area (Å²) in [6.45, 7) is 4.31. The van der Waals surface area contributed by atoms with Crippen molar-refractivity contribution >= 4 is 44.9 Å². The van der Waals surface area contributed by atoms with E-state index in [4.69, 9.17) is 16.3 Å². The molecule has 1 amide bonds. The molecule has 1 saturated heterocycles. The van der Waals surface area contributed by atoms with E-state index in [0.29, 0.717) is 24.2 Å². The number of sulfonamides is 1. The SMILES string of the molecule is CCOC(=O)c1ccc(NS(=O)(=O)c2ccc(N3CCCC3=O)c(C)c2)c(Cl)c1. The van der Waals surface area contributed by atoms with Gasteiger partial charge in [0.1, 0.15) is 0 Å². The molecule has 0 unspecified atom stereocenters. The number of halogens is 1. The van der Waals surface area contributed by atoms with Crippen LogP contribution in [-0.4, -0.2) is 33.4 Å². The molecule has 0 aromatic heterocycles. The van der Waals surface area contributed by atoms with E-state index in [2.05, 4.69) is 4.72 Å². The molecule has 0 spiro atoms. The summed E-state index contributed by atoms with van der Waals surface area (Å²) in [5, 5.41) is 0.0788. The summed E-state index contributed by atoms with van der Waals surface area (Å²) in [7, 11) is -3.91. The molecule has 1 N–H and O–H groups in total. The van der Waals surface area contributed by atoms with Crippen molar-refractivity contribution in [3.63, 3.8) is 0 Å². The van der Waals surface area contributed by atoms with Gasteiger partial charge in [-0.1, -0.05) is 11.6 Å². The van der Waals surface area contributed by atoms with Crippen molar-refractivity contribution in [2.45, 2.75) is 31.6 Å². The number of carbonyl (C=O) groups is 2. The standard InChI is InChI=1S/C20H21ClN2O5S/c1-3-28-20(25)14-6-8-17(16(21)12-14)22-29(26,27)15-7-9-18(13(2)11-15)23-10-4-5-19(23)24/h6-9,11-12,22H,3-5,10H2,1-2H3. The monoisotopic (exact) mass is 436 g/mol. The molecule has 0 radical (unpaired) electrons. The number of nitrogens with one attached hydrogen (secondary N) is 1. The fraction of sp³-hybridized carbons (Fsp3) is 0.300. The van der Waals surface area contributed by atoms with Gasteiger partial charge in [0, 0.05) is 18.7 Å². The van der Waals surface area contributed by atoms with Gasteiger partial charge < -0.3 is 9.64 Å². The number of rotatable bonds is 6. The number of amides is 1. The average molecular weight is 437 g/mol. The largest absolute Gasteiger partial charge is 0.462 e. The molecule has 154 valence electrons. The average Bonchev–Trinajstić information content (AvgIpc) is 3.09. The fourth-order valence-corrected chi connectivity index (χ4v) is 4.59. The molecule has 9 heteroatoms. The van der Waals surface area contributed by atoms with Gasteiger partial charge in [-0.2, -0.15) is 0 Å². The third-order valence-electron chi connectivity index (χ3n) is 4.57.